The molecule has 1 aromatic heterocycles. The highest BCUT2D eigenvalue weighted by Gasteiger charge is 2.15. The topological polar surface area (TPSA) is 132 Å². The monoisotopic (exact) mass is 267 g/mol. The smallest absolute Gasteiger partial charge is 0.232 e. The highest BCUT2D eigenvalue weighted by Crippen LogP contribution is 2.13. The molecule has 9 heteroatoms. The Kier molecular flexibility index (Phi) is 4.29. The lowest BCUT2D eigenvalue weighted by molar-refractivity contribution is -0.117. The van der Waals surface area contributed by atoms with E-state index in [1.165, 1.54) is 0 Å². The van der Waals surface area contributed by atoms with Crippen LogP contribution in [0.15, 0.2) is 0 Å². The van der Waals surface area contributed by atoms with Gasteiger partial charge in [-0.15, -0.1) is 0 Å². The summed E-state index contributed by atoms with van der Waals surface area (Å²) in [5, 5.41) is 2.90. The number of primary amides is 1. The van der Waals surface area contributed by atoms with Gasteiger partial charge in [-0.3, -0.25) is 4.79 Å². The van der Waals surface area contributed by atoms with E-state index in [2.05, 4.69) is 20.3 Å². The van der Waals surface area contributed by atoms with Gasteiger partial charge in [0.05, 0.1) is 13.2 Å². The Hall–Kier alpha value is -2.16. The summed E-state index contributed by atoms with van der Waals surface area (Å²) in [7, 11) is 0. The highest BCUT2D eigenvalue weighted by atomic mass is 16.5. The first-order valence-electron chi connectivity index (χ1n) is 6.01. The molecule has 9 nitrogen and oxygen atoms in total. The number of nitrogens with one attached hydrogen (secondary N) is 1. The summed E-state index contributed by atoms with van der Waals surface area (Å²) in [6.45, 7) is 3.06. The van der Waals surface area contributed by atoms with E-state index in [0.29, 0.717) is 44.7 Å². The van der Waals surface area contributed by atoms with Crippen molar-refractivity contribution in [3.63, 3.8) is 0 Å². The van der Waals surface area contributed by atoms with Gasteiger partial charge in [-0.1, -0.05) is 0 Å². The second-order valence-corrected chi connectivity index (χ2v) is 4.06. The second kappa shape index (κ2) is 6.14. The second-order valence-electron chi connectivity index (χ2n) is 4.06. The van der Waals surface area contributed by atoms with Gasteiger partial charge in [-0.2, -0.15) is 15.0 Å². The van der Waals surface area contributed by atoms with E-state index in [4.69, 9.17) is 16.2 Å². The van der Waals surface area contributed by atoms with Gasteiger partial charge < -0.3 is 26.4 Å². The molecular weight excluding hydrogens is 250 g/mol. The highest BCUT2D eigenvalue weighted by molar-refractivity contribution is 5.74. The van der Waals surface area contributed by atoms with Crippen LogP contribution in [-0.2, 0) is 9.53 Å². The third-order valence-electron chi connectivity index (χ3n) is 2.59. The van der Waals surface area contributed by atoms with Crippen molar-refractivity contribution < 1.29 is 9.53 Å². The number of hydrogen-bond acceptors (Lipinski definition) is 8. The molecule has 1 fully saturated rings. The molecule has 0 radical (unpaired) electrons. The standard InChI is InChI=1S/C10H17N7O2/c11-7(18)1-2-13-9-14-8(12)15-10(16-9)17-3-5-19-6-4-17/h1-6H2,(H2,11,18)(H3,12,13,14,15,16). The Morgan fingerprint density at radius 2 is 2.05 bits per heavy atom. The molecule has 5 N–H and O–H groups in total. The molecule has 0 saturated carbocycles. The quantitative estimate of drug-likeness (QED) is 0.592. The molecule has 0 spiro atoms. The Morgan fingerprint density at radius 3 is 2.74 bits per heavy atom. The Balaban J connectivity index is 2.03. The average molecular weight is 267 g/mol. The molecule has 2 heterocycles. The van der Waals surface area contributed by atoms with Crippen LogP contribution in [0.3, 0.4) is 0 Å². The van der Waals surface area contributed by atoms with Crippen molar-refractivity contribution in [3.8, 4) is 0 Å². The van der Waals surface area contributed by atoms with Crippen molar-refractivity contribution in [2.45, 2.75) is 6.42 Å². The number of aromatic nitrogens is 3. The number of carbonyl (C=O) groups excluding carboxylic acids is 1. The SMILES string of the molecule is NC(=O)CCNc1nc(N)nc(N2CCOCC2)n1. The van der Waals surface area contributed by atoms with Crippen molar-refractivity contribution >= 4 is 23.8 Å². The lowest BCUT2D eigenvalue weighted by Gasteiger charge is -2.26. The zero-order chi connectivity index (χ0) is 13.7. The van der Waals surface area contributed by atoms with Crippen molar-refractivity contribution in [1.82, 2.24) is 15.0 Å². The van der Waals surface area contributed by atoms with E-state index in [1.54, 1.807) is 0 Å². The van der Waals surface area contributed by atoms with Crippen LogP contribution in [0.2, 0.25) is 0 Å². The minimum atomic E-state index is -0.386. The van der Waals surface area contributed by atoms with Gasteiger partial charge >= 0.3 is 0 Å². The minimum Gasteiger partial charge on any atom is -0.378 e. The molecule has 1 saturated heterocycles. The maximum absolute atomic E-state index is 10.7. The van der Waals surface area contributed by atoms with Crippen LogP contribution >= 0.6 is 0 Å². The number of ether oxygens (including phenoxy) is 1. The summed E-state index contributed by atoms with van der Waals surface area (Å²) in [6, 6.07) is 0. The van der Waals surface area contributed by atoms with Crippen LogP contribution in [0.25, 0.3) is 0 Å². The average Bonchev–Trinajstić information content (AvgIpc) is 2.39. The molecule has 1 aliphatic rings. The molecule has 0 unspecified atom stereocenters. The molecule has 0 bridgehead atoms. The molecule has 1 amide bonds. The van der Waals surface area contributed by atoms with Gasteiger partial charge in [0.25, 0.3) is 0 Å². The van der Waals surface area contributed by atoms with Gasteiger partial charge in [0.1, 0.15) is 0 Å². The fourth-order valence-corrected chi connectivity index (χ4v) is 1.66. The van der Waals surface area contributed by atoms with E-state index in [1.807, 2.05) is 4.90 Å². The van der Waals surface area contributed by atoms with E-state index in [0.717, 1.165) is 0 Å². The van der Waals surface area contributed by atoms with Crippen LogP contribution < -0.4 is 21.7 Å². The predicted molar refractivity (Wildman–Crippen MR) is 69.6 cm³/mol. The molecule has 0 aromatic carbocycles. The maximum atomic E-state index is 10.7. The molecule has 2 rings (SSSR count). The van der Waals surface area contributed by atoms with Crippen LogP contribution in [0.4, 0.5) is 17.8 Å². The molecule has 104 valence electrons. The number of amides is 1. The summed E-state index contributed by atoms with van der Waals surface area (Å²) in [6.07, 6.45) is 0.207. The number of nitrogen functional groups attached to an aromatic ring is 1. The summed E-state index contributed by atoms with van der Waals surface area (Å²) < 4.78 is 5.26. The number of carbonyl (C=O) groups is 1. The fourth-order valence-electron chi connectivity index (χ4n) is 1.66. The summed E-state index contributed by atoms with van der Waals surface area (Å²) >= 11 is 0. The van der Waals surface area contributed by atoms with E-state index in [9.17, 15) is 4.79 Å². The van der Waals surface area contributed by atoms with Crippen LogP contribution in [0.1, 0.15) is 6.42 Å². The molecule has 0 aliphatic carbocycles. The fraction of sp³-hybridized carbons (Fsp3) is 0.600. The first kappa shape index (κ1) is 13.3. The van der Waals surface area contributed by atoms with E-state index < -0.39 is 0 Å². The Morgan fingerprint density at radius 1 is 1.32 bits per heavy atom. The van der Waals surface area contributed by atoms with Gasteiger partial charge in [0.2, 0.25) is 23.8 Å². The third kappa shape index (κ3) is 3.91. The van der Waals surface area contributed by atoms with E-state index in [-0.39, 0.29) is 18.3 Å². The number of anilines is 3. The van der Waals surface area contributed by atoms with Crippen molar-refractivity contribution in [2.24, 2.45) is 5.73 Å². The zero-order valence-corrected chi connectivity index (χ0v) is 10.5. The first-order valence-corrected chi connectivity index (χ1v) is 6.01. The van der Waals surface area contributed by atoms with Crippen LogP contribution in [-0.4, -0.2) is 53.7 Å². The van der Waals surface area contributed by atoms with Gasteiger partial charge in [0, 0.05) is 26.1 Å². The number of nitrogens with zero attached hydrogens (tertiary/aromatic N) is 4. The Labute approximate surface area is 110 Å². The summed E-state index contributed by atoms with van der Waals surface area (Å²) in [4.78, 5) is 24.9. The minimum absolute atomic E-state index is 0.137. The van der Waals surface area contributed by atoms with Crippen molar-refractivity contribution in [1.29, 1.82) is 0 Å². The van der Waals surface area contributed by atoms with Gasteiger partial charge in [-0.25, -0.2) is 0 Å². The largest absolute Gasteiger partial charge is 0.378 e. The Bertz CT molecular complexity index is 448. The summed E-state index contributed by atoms with van der Waals surface area (Å²) in [5.74, 6) is 0.605. The maximum Gasteiger partial charge on any atom is 0.232 e. The third-order valence-corrected chi connectivity index (χ3v) is 2.59. The number of hydrogen-bond donors (Lipinski definition) is 3. The van der Waals surface area contributed by atoms with Crippen LogP contribution in [0.5, 0.6) is 0 Å². The molecular formula is C10H17N7O2. The lowest BCUT2D eigenvalue weighted by atomic mass is 10.4. The normalized spacial score (nSPS) is 15.3. The van der Waals surface area contributed by atoms with Gasteiger partial charge in [-0.05, 0) is 0 Å². The van der Waals surface area contributed by atoms with Gasteiger partial charge in [0.15, 0.2) is 0 Å². The number of rotatable bonds is 5. The number of nitrogens with two attached hydrogens (primary N) is 2. The first-order chi connectivity index (χ1) is 9.15. The molecule has 1 aliphatic heterocycles. The molecule has 0 atom stereocenters. The molecule has 19 heavy (non-hydrogen) atoms. The predicted octanol–water partition coefficient (Wildman–Crippen LogP) is -1.42. The van der Waals surface area contributed by atoms with Crippen LogP contribution in [0, 0.1) is 0 Å². The lowest BCUT2D eigenvalue weighted by Crippen LogP contribution is -2.37. The summed E-state index contributed by atoms with van der Waals surface area (Å²) in [5.41, 5.74) is 10.7. The van der Waals surface area contributed by atoms with E-state index >= 15 is 0 Å². The number of morpholine rings is 1. The van der Waals surface area contributed by atoms with Crippen molar-refractivity contribution in [2.75, 3.05) is 48.8 Å². The zero-order valence-electron chi connectivity index (χ0n) is 10.5. The van der Waals surface area contributed by atoms with Crippen molar-refractivity contribution in [3.05, 3.63) is 0 Å². The molecule has 1 aromatic rings.